The van der Waals surface area contributed by atoms with E-state index in [1.54, 1.807) is 0 Å². The molecule has 1 aromatic heterocycles. The van der Waals surface area contributed by atoms with Gasteiger partial charge in [0.05, 0.1) is 0 Å². The summed E-state index contributed by atoms with van der Waals surface area (Å²) in [5, 5.41) is 3.51. The average Bonchev–Trinajstić information content (AvgIpc) is 2.53. The minimum Gasteiger partial charge on any atom is -0.314 e. The summed E-state index contributed by atoms with van der Waals surface area (Å²) in [7, 11) is 0. The molecule has 2 bridgehead atoms. The van der Waals surface area contributed by atoms with Crippen LogP contribution >= 0.6 is 0 Å². The molecule has 2 aliphatic heterocycles. The van der Waals surface area contributed by atoms with E-state index in [1.807, 2.05) is 18.5 Å². The van der Waals surface area contributed by atoms with Crippen LogP contribution in [0.25, 0.3) is 0 Å². The Bertz CT molecular complexity index is 309. The van der Waals surface area contributed by atoms with Crippen molar-refractivity contribution >= 4 is 0 Å². The van der Waals surface area contributed by atoms with E-state index in [4.69, 9.17) is 0 Å². The number of hydrogen-bond acceptors (Lipinski definition) is 3. The Balaban J connectivity index is 1.73. The molecule has 0 aliphatic carbocycles. The van der Waals surface area contributed by atoms with E-state index in [0.29, 0.717) is 0 Å². The largest absolute Gasteiger partial charge is 0.314 e. The molecule has 0 amide bonds. The van der Waals surface area contributed by atoms with Crippen LogP contribution < -0.4 is 5.32 Å². The second kappa shape index (κ2) is 3.91. The van der Waals surface area contributed by atoms with Crippen molar-refractivity contribution in [1.82, 2.24) is 15.2 Å². The zero-order chi connectivity index (χ0) is 10.1. The average molecular weight is 203 g/mol. The first-order valence-corrected chi connectivity index (χ1v) is 5.79. The maximum absolute atomic E-state index is 4.18. The van der Waals surface area contributed by atoms with Crippen molar-refractivity contribution in [3.8, 4) is 0 Å². The van der Waals surface area contributed by atoms with Crippen molar-refractivity contribution < 1.29 is 0 Å². The molecule has 1 aromatic rings. The summed E-state index contributed by atoms with van der Waals surface area (Å²) in [4.78, 5) is 6.82. The highest BCUT2D eigenvalue weighted by atomic mass is 15.3. The van der Waals surface area contributed by atoms with Gasteiger partial charge in [0.15, 0.2) is 0 Å². The smallest absolute Gasteiger partial charge is 0.0312 e. The Labute approximate surface area is 90.5 Å². The molecule has 1 N–H and O–H groups in total. The quantitative estimate of drug-likeness (QED) is 0.778. The third-order valence-electron chi connectivity index (χ3n) is 3.62. The Morgan fingerprint density at radius 1 is 1.33 bits per heavy atom. The fourth-order valence-corrected chi connectivity index (χ4v) is 2.83. The molecular weight excluding hydrogens is 186 g/mol. The molecule has 0 radical (unpaired) electrons. The van der Waals surface area contributed by atoms with Crippen molar-refractivity contribution in [2.45, 2.75) is 31.5 Å². The minimum absolute atomic E-state index is 0.754. The van der Waals surface area contributed by atoms with Crippen LogP contribution in [0.2, 0.25) is 0 Å². The van der Waals surface area contributed by atoms with Crippen molar-refractivity contribution in [2.24, 2.45) is 0 Å². The van der Waals surface area contributed by atoms with Gasteiger partial charge in [-0.05, 0) is 24.5 Å². The maximum Gasteiger partial charge on any atom is 0.0312 e. The van der Waals surface area contributed by atoms with Gasteiger partial charge in [-0.15, -0.1) is 0 Å². The van der Waals surface area contributed by atoms with Gasteiger partial charge in [0.1, 0.15) is 0 Å². The molecule has 3 rings (SSSR count). The molecule has 15 heavy (non-hydrogen) atoms. The molecule has 0 aromatic carbocycles. The number of pyridine rings is 1. The summed E-state index contributed by atoms with van der Waals surface area (Å²) in [6, 6.07) is 5.71. The molecule has 2 saturated heterocycles. The summed E-state index contributed by atoms with van der Waals surface area (Å²) in [5.74, 6) is 0. The molecule has 3 heterocycles. The second-order valence-corrected chi connectivity index (χ2v) is 4.58. The van der Waals surface area contributed by atoms with Gasteiger partial charge in [-0.3, -0.25) is 9.88 Å². The molecule has 2 atom stereocenters. The molecular formula is C12H17N3. The Morgan fingerprint density at radius 3 is 2.80 bits per heavy atom. The SMILES string of the molecule is c1cncc(CN2C3CCC2CNC3)c1. The fourth-order valence-electron chi connectivity index (χ4n) is 2.83. The van der Waals surface area contributed by atoms with Crippen LogP contribution in [0.15, 0.2) is 24.5 Å². The molecule has 0 saturated carbocycles. The van der Waals surface area contributed by atoms with Gasteiger partial charge in [-0.1, -0.05) is 6.07 Å². The number of hydrogen-bond donors (Lipinski definition) is 1. The summed E-state index contributed by atoms with van der Waals surface area (Å²) >= 11 is 0. The highest BCUT2D eigenvalue weighted by Crippen LogP contribution is 2.27. The molecule has 3 heteroatoms. The number of piperazine rings is 1. The van der Waals surface area contributed by atoms with Crippen molar-refractivity contribution in [3.05, 3.63) is 30.1 Å². The fraction of sp³-hybridized carbons (Fsp3) is 0.583. The van der Waals surface area contributed by atoms with Gasteiger partial charge in [0.2, 0.25) is 0 Å². The van der Waals surface area contributed by atoms with Gasteiger partial charge in [-0.25, -0.2) is 0 Å². The van der Waals surface area contributed by atoms with Crippen LogP contribution in [0.3, 0.4) is 0 Å². The van der Waals surface area contributed by atoms with Gasteiger partial charge in [-0.2, -0.15) is 0 Å². The molecule has 2 aliphatic rings. The molecule has 2 unspecified atom stereocenters. The van der Waals surface area contributed by atoms with E-state index in [1.165, 1.54) is 18.4 Å². The van der Waals surface area contributed by atoms with Gasteiger partial charge >= 0.3 is 0 Å². The maximum atomic E-state index is 4.18. The molecule has 0 spiro atoms. The minimum atomic E-state index is 0.754. The third kappa shape index (κ3) is 1.77. The molecule has 3 nitrogen and oxygen atoms in total. The summed E-state index contributed by atoms with van der Waals surface area (Å²) in [5.41, 5.74) is 1.34. The van der Waals surface area contributed by atoms with E-state index < -0.39 is 0 Å². The summed E-state index contributed by atoms with van der Waals surface area (Å²) in [6.07, 6.45) is 6.55. The Morgan fingerprint density at radius 2 is 2.13 bits per heavy atom. The third-order valence-corrected chi connectivity index (χ3v) is 3.62. The van der Waals surface area contributed by atoms with Crippen LogP contribution in [-0.4, -0.2) is 35.1 Å². The van der Waals surface area contributed by atoms with E-state index in [2.05, 4.69) is 21.3 Å². The number of rotatable bonds is 2. The first-order valence-electron chi connectivity index (χ1n) is 5.79. The van der Waals surface area contributed by atoms with Crippen molar-refractivity contribution in [1.29, 1.82) is 0 Å². The van der Waals surface area contributed by atoms with Gasteiger partial charge < -0.3 is 5.32 Å². The highest BCUT2D eigenvalue weighted by Gasteiger charge is 2.35. The van der Waals surface area contributed by atoms with E-state index in [0.717, 1.165) is 31.7 Å². The zero-order valence-corrected chi connectivity index (χ0v) is 8.89. The van der Waals surface area contributed by atoms with Crippen LogP contribution in [0, 0.1) is 0 Å². The Kier molecular flexibility index (Phi) is 2.43. The molecule has 2 fully saturated rings. The van der Waals surface area contributed by atoms with Crippen LogP contribution in [-0.2, 0) is 6.54 Å². The normalized spacial score (nSPS) is 30.7. The second-order valence-electron chi connectivity index (χ2n) is 4.58. The summed E-state index contributed by atoms with van der Waals surface area (Å²) in [6.45, 7) is 3.40. The number of nitrogens with zero attached hydrogens (tertiary/aromatic N) is 2. The van der Waals surface area contributed by atoms with Gasteiger partial charge in [0, 0.05) is 44.1 Å². The van der Waals surface area contributed by atoms with Crippen molar-refractivity contribution in [3.63, 3.8) is 0 Å². The zero-order valence-electron chi connectivity index (χ0n) is 8.89. The van der Waals surface area contributed by atoms with Gasteiger partial charge in [0.25, 0.3) is 0 Å². The number of nitrogens with one attached hydrogen (secondary N) is 1. The predicted octanol–water partition coefficient (Wildman–Crippen LogP) is 1.02. The van der Waals surface area contributed by atoms with Crippen LogP contribution in [0.1, 0.15) is 18.4 Å². The number of aromatic nitrogens is 1. The monoisotopic (exact) mass is 203 g/mol. The number of fused-ring (bicyclic) bond motifs is 2. The first kappa shape index (κ1) is 9.31. The topological polar surface area (TPSA) is 28.2 Å². The summed E-state index contributed by atoms with van der Waals surface area (Å²) < 4.78 is 0. The lowest BCUT2D eigenvalue weighted by Crippen LogP contribution is -2.51. The van der Waals surface area contributed by atoms with E-state index in [-0.39, 0.29) is 0 Å². The molecule has 80 valence electrons. The lowest BCUT2D eigenvalue weighted by molar-refractivity contribution is 0.145. The van der Waals surface area contributed by atoms with E-state index >= 15 is 0 Å². The highest BCUT2D eigenvalue weighted by molar-refractivity contribution is 5.10. The van der Waals surface area contributed by atoms with Crippen molar-refractivity contribution in [2.75, 3.05) is 13.1 Å². The predicted molar refractivity (Wildman–Crippen MR) is 59.5 cm³/mol. The standard InChI is InChI=1S/C12H17N3/c1-2-10(6-13-5-1)9-15-11-3-4-12(15)8-14-7-11/h1-2,5-6,11-12,14H,3-4,7-9H2. The lowest BCUT2D eigenvalue weighted by atomic mass is 10.2. The lowest BCUT2D eigenvalue weighted by Gasteiger charge is -2.35. The van der Waals surface area contributed by atoms with Crippen LogP contribution in [0.4, 0.5) is 0 Å². The van der Waals surface area contributed by atoms with Crippen LogP contribution in [0.5, 0.6) is 0 Å². The Hall–Kier alpha value is -0.930. The van der Waals surface area contributed by atoms with E-state index in [9.17, 15) is 0 Å². The first-order chi connectivity index (χ1) is 7.43.